The van der Waals surface area contributed by atoms with Crippen molar-refractivity contribution in [3.63, 3.8) is 0 Å². The lowest BCUT2D eigenvalue weighted by Gasteiger charge is -2.34. The Balaban J connectivity index is 2.29. The lowest BCUT2D eigenvalue weighted by molar-refractivity contribution is -0.137. The van der Waals surface area contributed by atoms with Gasteiger partial charge >= 0.3 is 6.18 Å². The van der Waals surface area contributed by atoms with Crippen molar-refractivity contribution in [2.75, 3.05) is 18.0 Å². The van der Waals surface area contributed by atoms with Gasteiger partial charge < -0.3 is 10.6 Å². The van der Waals surface area contributed by atoms with Crippen LogP contribution in [-0.2, 0) is 6.18 Å². The van der Waals surface area contributed by atoms with Crippen molar-refractivity contribution in [3.05, 3.63) is 23.9 Å². The molecular formula is C12H15F3N4. The van der Waals surface area contributed by atoms with Crippen LogP contribution in [0.1, 0.15) is 18.4 Å². The number of halogens is 3. The highest BCUT2D eigenvalue weighted by Gasteiger charge is 2.36. The molecule has 7 heteroatoms. The Bertz CT molecular complexity index is 472. The number of nitrogens with one attached hydrogen (secondary N) is 1. The molecule has 1 atom stereocenters. The van der Waals surface area contributed by atoms with Gasteiger partial charge in [-0.15, -0.1) is 0 Å². The molecule has 0 saturated carbocycles. The van der Waals surface area contributed by atoms with E-state index in [2.05, 4.69) is 4.98 Å². The Morgan fingerprint density at radius 2 is 2.21 bits per heavy atom. The Kier molecular flexibility index (Phi) is 3.64. The molecule has 1 saturated heterocycles. The van der Waals surface area contributed by atoms with E-state index in [-0.39, 0.29) is 17.6 Å². The summed E-state index contributed by atoms with van der Waals surface area (Å²) in [5, 5.41) is 7.43. The van der Waals surface area contributed by atoms with Gasteiger partial charge in [-0.05, 0) is 25.0 Å². The van der Waals surface area contributed by atoms with Crippen molar-refractivity contribution in [2.45, 2.75) is 19.0 Å². The summed E-state index contributed by atoms with van der Waals surface area (Å²) in [7, 11) is 0. The summed E-state index contributed by atoms with van der Waals surface area (Å²) < 4.78 is 38.8. The minimum atomic E-state index is -4.42. The molecule has 1 aromatic rings. The SMILES string of the molecule is N=C(N)C1CCCN(c2ncccc2C(F)(F)F)C1. The second kappa shape index (κ2) is 5.07. The van der Waals surface area contributed by atoms with Crippen molar-refractivity contribution >= 4 is 11.7 Å². The van der Waals surface area contributed by atoms with Gasteiger partial charge in [0.05, 0.1) is 11.4 Å². The molecular weight excluding hydrogens is 257 g/mol. The highest BCUT2D eigenvalue weighted by Crippen LogP contribution is 2.36. The molecule has 0 aliphatic carbocycles. The maximum atomic E-state index is 12.9. The Hall–Kier alpha value is -1.79. The average molecular weight is 272 g/mol. The van der Waals surface area contributed by atoms with E-state index in [0.29, 0.717) is 19.5 Å². The van der Waals surface area contributed by atoms with Crippen molar-refractivity contribution in [2.24, 2.45) is 11.7 Å². The molecule has 0 aromatic carbocycles. The number of piperidine rings is 1. The van der Waals surface area contributed by atoms with Gasteiger partial charge in [-0.1, -0.05) is 0 Å². The minimum absolute atomic E-state index is 0.0224. The van der Waals surface area contributed by atoms with E-state index in [9.17, 15) is 13.2 Å². The highest BCUT2D eigenvalue weighted by molar-refractivity contribution is 5.80. The molecule has 19 heavy (non-hydrogen) atoms. The topological polar surface area (TPSA) is 66.0 Å². The third-order valence-electron chi connectivity index (χ3n) is 3.25. The molecule has 0 amide bonds. The van der Waals surface area contributed by atoms with Crippen molar-refractivity contribution in [3.8, 4) is 0 Å². The lowest BCUT2D eigenvalue weighted by atomic mass is 9.96. The van der Waals surface area contributed by atoms with Gasteiger partial charge in [0.25, 0.3) is 0 Å². The Morgan fingerprint density at radius 3 is 2.84 bits per heavy atom. The molecule has 2 heterocycles. The van der Waals surface area contributed by atoms with Crippen LogP contribution in [0.2, 0.25) is 0 Å². The number of nitrogens with zero attached hydrogens (tertiary/aromatic N) is 2. The monoisotopic (exact) mass is 272 g/mol. The van der Waals surface area contributed by atoms with Gasteiger partial charge in [0.15, 0.2) is 0 Å². The fourth-order valence-electron chi connectivity index (χ4n) is 2.29. The highest BCUT2D eigenvalue weighted by atomic mass is 19.4. The summed E-state index contributed by atoms with van der Waals surface area (Å²) in [5.74, 6) is -0.244. The summed E-state index contributed by atoms with van der Waals surface area (Å²) >= 11 is 0. The number of alkyl halides is 3. The van der Waals surface area contributed by atoms with Crippen molar-refractivity contribution in [1.29, 1.82) is 5.41 Å². The molecule has 0 bridgehead atoms. The number of anilines is 1. The predicted octanol–water partition coefficient (Wildman–Crippen LogP) is 2.25. The first-order chi connectivity index (χ1) is 8.89. The summed E-state index contributed by atoms with van der Waals surface area (Å²) in [6, 6.07) is 2.30. The summed E-state index contributed by atoms with van der Waals surface area (Å²) in [6.07, 6.45) is -1.63. The number of hydrogen-bond acceptors (Lipinski definition) is 3. The van der Waals surface area contributed by atoms with Gasteiger partial charge in [-0.25, -0.2) is 4.98 Å². The average Bonchev–Trinajstić information content (AvgIpc) is 2.38. The minimum Gasteiger partial charge on any atom is -0.387 e. The molecule has 104 valence electrons. The zero-order valence-corrected chi connectivity index (χ0v) is 10.2. The number of amidine groups is 1. The van der Waals surface area contributed by atoms with Crippen LogP contribution in [0.4, 0.5) is 19.0 Å². The third kappa shape index (κ3) is 2.97. The molecule has 0 spiro atoms. The number of pyridine rings is 1. The number of aromatic nitrogens is 1. The summed E-state index contributed by atoms with van der Waals surface area (Å²) in [6.45, 7) is 0.819. The van der Waals surface area contributed by atoms with Crippen LogP contribution in [0.25, 0.3) is 0 Å². The van der Waals surface area contributed by atoms with Crippen LogP contribution < -0.4 is 10.6 Å². The van der Waals surface area contributed by atoms with E-state index in [0.717, 1.165) is 12.5 Å². The molecule has 3 N–H and O–H groups in total. The van der Waals surface area contributed by atoms with E-state index in [1.165, 1.54) is 12.3 Å². The van der Waals surface area contributed by atoms with Crippen LogP contribution >= 0.6 is 0 Å². The largest absolute Gasteiger partial charge is 0.419 e. The van der Waals surface area contributed by atoms with Gasteiger partial charge in [-0.2, -0.15) is 13.2 Å². The first-order valence-corrected chi connectivity index (χ1v) is 6.00. The fraction of sp³-hybridized carbons (Fsp3) is 0.500. The van der Waals surface area contributed by atoms with E-state index < -0.39 is 11.7 Å². The molecule has 1 aliphatic rings. The maximum absolute atomic E-state index is 12.9. The fourth-order valence-corrected chi connectivity index (χ4v) is 2.29. The molecule has 1 aromatic heterocycles. The van der Waals surface area contributed by atoms with Gasteiger partial charge in [0.1, 0.15) is 5.82 Å². The van der Waals surface area contributed by atoms with E-state index in [1.54, 1.807) is 4.90 Å². The molecule has 2 rings (SSSR count). The zero-order valence-electron chi connectivity index (χ0n) is 10.2. The summed E-state index contributed by atoms with van der Waals surface area (Å²) in [4.78, 5) is 5.43. The number of nitrogens with two attached hydrogens (primary N) is 1. The number of rotatable bonds is 2. The smallest absolute Gasteiger partial charge is 0.387 e. The molecule has 4 nitrogen and oxygen atoms in total. The quantitative estimate of drug-likeness (QED) is 0.641. The first-order valence-electron chi connectivity index (χ1n) is 6.00. The van der Waals surface area contributed by atoms with Gasteiger partial charge in [0.2, 0.25) is 0 Å². The van der Waals surface area contributed by atoms with Crippen LogP contribution in [0.3, 0.4) is 0 Å². The zero-order chi connectivity index (χ0) is 14.0. The van der Waals surface area contributed by atoms with E-state index in [4.69, 9.17) is 11.1 Å². The third-order valence-corrected chi connectivity index (χ3v) is 3.25. The second-order valence-electron chi connectivity index (χ2n) is 4.61. The first kappa shape index (κ1) is 13.6. The molecule has 0 radical (unpaired) electrons. The molecule has 1 fully saturated rings. The molecule has 1 aliphatic heterocycles. The lowest BCUT2D eigenvalue weighted by Crippen LogP contribution is -2.42. The summed E-state index contributed by atoms with van der Waals surface area (Å²) in [5.41, 5.74) is 4.71. The Labute approximate surface area is 108 Å². The maximum Gasteiger partial charge on any atom is 0.419 e. The van der Waals surface area contributed by atoms with E-state index in [1.807, 2.05) is 0 Å². The predicted molar refractivity (Wildman–Crippen MR) is 66.1 cm³/mol. The van der Waals surface area contributed by atoms with Crippen LogP contribution in [0.5, 0.6) is 0 Å². The van der Waals surface area contributed by atoms with Gasteiger partial charge in [0, 0.05) is 25.2 Å². The standard InChI is InChI=1S/C12H15F3N4/c13-12(14,15)9-4-1-5-18-11(9)19-6-2-3-8(7-19)10(16)17/h1,4-5,8H,2-3,6-7H2,(H3,16,17). The van der Waals surface area contributed by atoms with Crippen molar-refractivity contribution < 1.29 is 13.2 Å². The van der Waals surface area contributed by atoms with Crippen LogP contribution in [-0.4, -0.2) is 23.9 Å². The van der Waals surface area contributed by atoms with Crippen LogP contribution in [0.15, 0.2) is 18.3 Å². The molecule has 1 unspecified atom stereocenters. The number of hydrogen-bond donors (Lipinski definition) is 2. The van der Waals surface area contributed by atoms with Crippen molar-refractivity contribution in [1.82, 2.24) is 4.98 Å². The Morgan fingerprint density at radius 1 is 1.47 bits per heavy atom. The van der Waals surface area contributed by atoms with Gasteiger partial charge in [-0.3, -0.25) is 5.41 Å². The van der Waals surface area contributed by atoms with E-state index >= 15 is 0 Å². The normalized spacial score (nSPS) is 20.4. The second-order valence-corrected chi connectivity index (χ2v) is 4.61. The van der Waals surface area contributed by atoms with Crippen LogP contribution in [0, 0.1) is 11.3 Å².